The van der Waals surface area contributed by atoms with E-state index in [1.54, 1.807) is 0 Å². The molecule has 28 heavy (non-hydrogen) atoms. The number of fused-ring (bicyclic) bond motifs is 2. The molecule has 0 radical (unpaired) electrons. The van der Waals surface area contributed by atoms with Crippen LogP contribution < -0.4 is 15.8 Å². The summed E-state index contributed by atoms with van der Waals surface area (Å²) in [6.45, 7) is 4.70. The number of hydrazine groups is 1. The Balaban J connectivity index is 1.36. The molecule has 4 heterocycles. The van der Waals surface area contributed by atoms with Crippen molar-refractivity contribution in [3.8, 4) is 0 Å². The highest BCUT2D eigenvalue weighted by Crippen LogP contribution is 2.49. The molecule has 0 saturated carbocycles. The van der Waals surface area contributed by atoms with Gasteiger partial charge in [-0.25, -0.2) is 5.43 Å². The molecule has 2 atom stereocenters. The molecule has 6 nitrogen and oxygen atoms in total. The smallest absolute Gasteiger partial charge is 0.241 e. The van der Waals surface area contributed by atoms with Crippen LogP contribution in [-0.4, -0.2) is 47.5 Å². The van der Waals surface area contributed by atoms with Crippen LogP contribution in [0.15, 0.2) is 48.8 Å². The standard InChI is InChI=1S/C22H27N5O/c1-16-13-19(25-24-16)21(28)26-11-8-22(9-12-26)15-27(17-5-4-10-23-14-17)20-7-3-2-6-18(20)22/h2-7,10,14,16,19,24-25H,8-9,11-13,15H2,1H3. The van der Waals surface area contributed by atoms with Gasteiger partial charge in [0.15, 0.2) is 0 Å². The van der Waals surface area contributed by atoms with E-state index in [0.717, 1.165) is 44.6 Å². The predicted molar refractivity (Wildman–Crippen MR) is 109 cm³/mol. The van der Waals surface area contributed by atoms with Crippen molar-refractivity contribution >= 4 is 17.3 Å². The van der Waals surface area contributed by atoms with Gasteiger partial charge in [0.25, 0.3) is 0 Å². The minimum Gasteiger partial charge on any atom is -0.341 e. The van der Waals surface area contributed by atoms with Gasteiger partial charge in [-0.3, -0.25) is 15.2 Å². The first kappa shape index (κ1) is 17.6. The quantitative estimate of drug-likeness (QED) is 0.841. The second-order valence-corrected chi connectivity index (χ2v) is 8.40. The van der Waals surface area contributed by atoms with Gasteiger partial charge < -0.3 is 9.80 Å². The first-order valence-corrected chi connectivity index (χ1v) is 10.2. The lowest BCUT2D eigenvalue weighted by molar-refractivity contribution is -0.134. The van der Waals surface area contributed by atoms with Crippen molar-refractivity contribution in [1.29, 1.82) is 0 Å². The van der Waals surface area contributed by atoms with Gasteiger partial charge in [0.1, 0.15) is 6.04 Å². The van der Waals surface area contributed by atoms with Gasteiger partial charge in [0, 0.05) is 43.0 Å². The number of carbonyl (C=O) groups is 1. The van der Waals surface area contributed by atoms with E-state index < -0.39 is 0 Å². The maximum absolute atomic E-state index is 12.9. The number of anilines is 2. The molecule has 2 saturated heterocycles. The zero-order valence-electron chi connectivity index (χ0n) is 16.3. The van der Waals surface area contributed by atoms with Gasteiger partial charge in [-0.2, -0.15) is 0 Å². The van der Waals surface area contributed by atoms with Crippen LogP contribution >= 0.6 is 0 Å². The Morgan fingerprint density at radius 1 is 1.14 bits per heavy atom. The zero-order chi connectivity index (χ0) is 19.1. The molecular weight excluding hydrogens is 350 g/mol. The number of amides is 1. The van der Waals surface area contributed by atoms with Crippen LogP contribution in [0.4, 0.5) is 11.4 Å². The molecule has 6 heteroatoms. The molecule has 2 N–H and O–H groups in total. The van der Waals surface area contributed by atoms with Crippen molar-refractivity contribution in [2.24, 2.45) is 0 Å². The molecule has 2 unspecified atom stereocenters. The van der Waals surface area contributed by atoms with Gasteiger partial charge in [-0.1, -0.05) is 18.2 Å². The summed E-state index contributed by atoms with van der Waals surface area (Å²) in [5.41, 5.74) is 10.3. The molecule has 146 valence electrons. The predicted octanol–water partition coefficient (Wildman–Crippen LogP) is 2.35. The van der Waals surface area contributed by atoms with Crippen molar-refractivity contribution in [2.75, 3.05) is 24.5 Å². The molecule has 5 rings (SSSR count). The SMILES string of the molecule is CC1CC(C(=O)N2CCC3(CC2)CN(c2cccnc2)c2ccccc23)NN1. The lowest BCUT2D eigenvalue weighted by atomic mass is 9.74. The van der Waals surface area contributed by atoms with Crippen LogP contribution in [0, 0.1) is 0 Å². The number of piperidine rings is 1. The van der Waals surface area contributed by atoms with Gasteiger partial charge in [0.2, 0.25) is 5.91 Å². The fourth-order valence-corrected chi connectivity index (χ4v) is 5.05. The lowest BCUT2D eigenvalue weighted by Gasteiger charge is -2.40. The minimum absolute atomic E-state index is 0.0909. The number of benzene rings is 1. The number of nitrogens with one attached hydrogen (secondary N) is 2. The molecule has 2 fully saturated rings. The Hall–Kier alpha value is -2.44. The van der Waals surface area contributed by atoms with E-state index in [-0.39, 0.29) is 17.4 Å². The molecule has 3 aliphatic heterocycles. The van der Waals surface area contributed by atoms with Crippen molar-refractivity contribution in [3.63, 3.8) is 0 Å². The Bertz CT molecular complexity index is 862. The van der Waals surface area contributed by atoms with E-state index in [2.05, 4.69) is 62.9 Å². The van der Waals surface area contributed by atoms with Gasteiger partial charge in [-0.15, -0.1) is 0 Å². The summed E-state index contributed by atoms with van der Waals surface area (Å²) in [6.07, 6.45) is 6.62. The van der Waals surface area contributed by atoms with Crippen LogP contribution in [0.3, 0.4) is 0 Å². The van der Waals surface area contributed by atoms with Gasteiger partial charge in [-0.05, 0) is 49.9 Å². The molecule has 1 aromatic carbocycles. The molecule has 1 aromatic heterocycles. The second kappa shape index (κ2) is 6.87. The third kappa shape index (κ3) is 2.88. The third-order valence-corrected chi connectivity index (χ3v) is 6.61. The maximum Gasteiger partial charge on any atom is 0.241 e. The summed E-state index contributed by atoms with van der Waals surface area (Å²) in [7, 11) is 0. The highest BCUT2D eigenvalue weighted by molar-refractivity contribution is 5.82. The lowest BCUT2D eigenvalue weighted by Crippen LogP contribution is -2.52. The van der Waals surface area contributed by atoms with Gasteiger partial charge in [0.05, 0.1) is 11.9 Å². The Kier molecular flexibility index (Phi) is 4.33. The number of para-hydroxylation sites is 1. The Morgan fingerprint density at radius 3 is 2.68 bits per heavy atom. The fraction of sp³-hybridized carbons (Fsp3) is 0.455. The first-order chi connectivity index (χ1) is 13.7. The van der Waals surface area contributed by atoms with Crippen molar-refractivity contribution in [1.82, 2.24) is 20.7 Å². The first-order valence-electron chi connectivity index (χ1n) is 10.2. The maximum atomic E-state index is 12.9. The number of carbonyl (C=O) groups excluding carboxylic acids is 1. The molecule has 1 spiro atoms. The highest BCUT2D eigenvalue weighted by atomic mass is 16.2. The van der Waals surface area contributed by atoms with E-state index in [0.29, 0.717) is 6.04 Å². The average Bonchev–Trinajstić information content (AvgIpc) is 3.31. The Morgan fingerprint density at radius 2 is 1.96 bits per heavy atom. The number of aromatic nitrogens is 1. The summed E-state index contributed by atoms with van der Waals surface area (Å²) < 4.78 is 0. The fourth-order valence-electron chi connectivity index (χ4n) is 5.05. The van der Waals surface area contributed by atoms with Crippen LogP contribution in [0.2, 0.25) is 0 Å². The average molecular weight is 377 g/mol. The largest absolute Gasteiger partial charge is 0.341 e. The van der Waals surface area contributed by atoms with E-state index >= 15 is 0 Å². The van der Waals surface area contributed by atoms with E-state index in [1.165, 1.54) is 11.3 Å². The zero-order valence-corrected chi connectivity index (χ0v) is 16.3. The Labute approximate surface area is 165 Å². The van der Waals surface area contributed by atoms with E-state index in [9.17, 15) is 4.79 Å². The summed E-state index contributed by atoms with van der Waals surface area (Å²) in [6, 6.07) is 13.1. The summed E-state index contributed by atoms with van der Waals surface area (Å²) in [5.74, 6) is 0.238. The number of hydrogen-bond acceptors (Lipinski definition) is 5. The summed E-state index contributed by atoms with van der Waals surface area (Å²) in [4.78, 5) is 21.6. The number of rotatable bonds is 2. The second-order valence-electron chi connectivity index (χ2n) is 8.40. The van der Waals surface area contributed by atoms with E-state index in [1.807, 2.05) is 18.5 Å². The number of nitrogens with zero attached hydrogens (tertiary/aromatic N) is 3. The third-order valence-electron chi connectivity index (χ3n) is 6.61. The molecule has 2 aromatic rings. The normalized spacial score (nSPS) is 25.9. The molecule has 0 aliphatic carbocycles. The summed E-state index contributed by atoms with van der Waals surface area (Å²) >= 11 is 0. The number of likely N-dealkylation sites (tertiary alicyclic amines) is 1. The van der Waals surface area contributed by atoms with Crippen LogP contribution in [0.25, 0.3) is 0 Å². The van der Waals surface area contributed by atoms with Crippen LogP contribution in [0.5, 0.6) is 0 Å². The highest BCUT2D eigenvalue weighted by Gasteiger charge is 2.46. The van der Waals surface area contributed by atoms with Gasteiger partial charge >= 0.3 is 0 Å². The van der Waals surface area contributed by atoms with Crippen molar-refractivity contribution < 1.29 is 4.79 Å². The molecule has 1 amide bonds. The van der Waals surface area contributed by atoms with Crippen LogP contribution in [-0.2, 0) is 10.2 Å². The summed E-state index contributed by atoms with van der Waals surface area (Å²) in [5, 5.41) is 0. The van der Waals surface area contributed by atoms with E-state index in [4.69, 9.17) is 0 Å². The molecular formula is C22H27N5O. The number of hydrogen-bond donors (Lipinski definition) is 2. The van der Waals surface area contributed by atoms with Crippen LogP contribution in [0.1, 0.15) is 31.7 Å². The minimum atomic E-state index is -0.0909. The molecule has 0 bridgehead atoms. The van der Waals surface area contributed by atoms with Crippen molar-refractivity contribution in [3.05, 3.63) is 54.4 Å². The van der Waals surface area contributed by atoms with Crippen molar-refractivity contribution in [2.45, 2.75) is 43.7 Å². The molecule has 3 aliphatic rings. The number of pyridine rings is 1. The monoisotopic (exact) mass is 377 g/mol. The topological polar surface area (TPSA) is 60.5 Å².